The third kappa shape index (κ3) is 2.30. The molecule has 0 amide bonds. The van der Waals surface area contributed by atoms with E-state index in [0.717, 1.165) is 12.0 Å². The van der Waals surface area contributed by atoms with Crippen molar-refractivity contribution in [2.45, 2.75) is 52.1 Å². The lowest BCUT2D eigenvalue weighted by atomic mass is 10.1. The van der Waals surface area contributed by atoms with Crippen molar-refractivity contribution in [2.75, 3.05) is 0 Å². The first-order chi connectivity index (χ1) is 4.68. The van der Waals surface area contributed by atoms with E-state index in [1.807, 2.05) is 0 Å². The van der Waals surface area contributed by atoms with Crippen LogP contribution in [0.25, 0.3) is 0 Å². The van der Waals surface area contributed by atoms with Crippen LogP contribution in [-0.2, 0) is 0 Å². The van der Waals surface area contributed by atoms with Gasteiger partial charge in [-0.15, -0.1) is 0 Å². The van der Waals surface area contributed by atoms with Gasteiger partial charge < -0.3 is 5.32 Å². The predicted molar refractivity (Wildman–Crippen MR) is 45.1 cm³/mol. The first kappa shape index (κ1) is 8.06. The molecule has 0 heterocycles. The quantitative estimate of drug-likeness (QED) is 0.621. The van der Waals surface area contributed by atoms with Crippen LogP contribution in [0.1, 0.15) is 40.0 Å². The number of hydrogen-bond acceptors (Lipinski definition) is 1. The third-order valence-electron chi connectivity index (χ3n) is 2.26. The fraction of sp³-hybridized carbons (Fsp3) is 1.00. The van der Waals surface area contributed by atoms with Gasteiger partial charge in [0.2, 0.25) is 0 Å². The average Bonchev–Trinajstić information content (AvgIpc) is 2.13. The van der Waals surface area contributed by atoms with Crippen LogP contribution in [0.3, 0.4) is 0 Å². The Hall–Kier alpha value is -0.0400. The molecule has 0 bridgehead atoms. The maximum absolute atomic E-state index is 3.57. The number of nitrogens with one attached hydrogen (secondary N) is 1. The molecule has 10 heavy (non-hydrogen) atoms. The molecule has 1 heteroatoms. The minimum absolute atomic E-state index is 0.662. The molecular formula is C9H19N. The summed E-state index contributed by atoms with van der Waals surface area (Å²) in [6.45, 7) is 6.80. The summed E-state index contributed by atoms with van der Waals surface area (Å²) in [5.41, 5.74) is 0. The Bertz CT molecular complexity index is 98.9. The molecule has 1 nitrogen and oxygen atoms in total. The maximum Gasteiger partial charge on any atom is 0.00720 e. The normalized spacial score (nSPS) is 33.6. The molecule has 0 spiro atoms. The maximum atomic E-state index is 3.57. The van der Waals surface area contributed by atoms with Gasteiger partial charge >= 0.3 is 0 Å². The van der Waals surface area contributed by atoms with Gasteiger partial charge in [-0.2, -0.15) is 0 Å². The Morgan fingerprint density at radius 1 is 1.30 bits per heavy atom. The van der Waals surface area contributed by atoms with Crippen molar-refractivity contribution in [2.24, 2.45) is 5.92 Å². The van der Waals surface area contributed by atoms with E-state index in [1.54, 1.807) is 0 Å². The van der Waals surface area contributed by atoms with E-state index >= 15 is 0 Å². The molecule has 0 aromatic rings. The molecule has 0 unspecified atom stereocenters. The highest BCUT2D eigenvalue weighted by Gasteiger charge is 2.20. The molecule has 0 saturated heterocycles. The first-order valence-electron chi connectivity index (χ1n) is 4.44. The van der Waals surface area contributed by atoms with E-state index in [1.165, 1.54) is 19.3 Å². The average molecular weight is 141 g/mol. The summed E-state index contributed by atoms with van der Waals surface area (Å²) in [4.78, 5) is 0. The highest BCUT2D eigenvalue weighted by atomic mass is 14.9. The van der Waals surface area contributed by atoms with Gasteiger partial charge in [0.25, 0.3) is 0 Å². The molecule has 2 atom stereocenters. The molecule has 60 valence electrons. The standard InChI is InChI=1S/C9H19N/c1-7(2)10-9-5-4-8(3)6-9/h7-10H,4-6H2,1-3H3/t8-,9+/m0/s1. The molecule has 1 fully saturated rings. The summed E-state index contributed by atoms with van der Waals surface area (Å²) in [5.74, 6) is 0.955. The minimum atomic E-state index is 0.662. The van der Waals surface area contributed by atoms with Crippen LogP contribution >= 0.6 is 0 Å². The molecular weight excluding hydrogens is 122 g/mol. The van der Waals surface area contributed by atoms with Crippen LogP contribution in [0.4, 0.5) is 0 Å². The van der Waals surface area contributed by atoms with Crippen LogP contribution in [0.5, 0.6) is 0 Å². The smallest absolute Gasteiger partial charge is 0.00720 e. The Labute approximate surface area is 64.2 Å². The van der Waals surface area contributed by atoms with Gasteiger partial charge in [-0.25, -0.2) is 0 Å². The predicted octanol–water partition coefficient (Wildman–Crippen LogP) is 2.17. The molecule has 1 saturated carbocycles. The highest BCUT2D eigenvalue weighted by Crippen LogP contribution is 2.24. The minimum Gasteiger partial charge on any atom is -0.312 e. The fourth-order valence-corrected chi connectivity index (χ4v) is 1.83. The molecule has 0 aromatic heterocycles. The van der Waals surface area contributed by atoms with Crippen LogP contribution in [-0.4, -0.2) is 12.1 Å². The highest BCUT2D eigenvalue weighted by molar-refractivity contribution is 4.79. The zero-order valence-corrected chi connectivity index (χ0v) is 7.35. The van der Waals surface area contributed by atoms with E-state index in [9.17, 15) is 0 Å². The van der Waals surface area contributed by atoms with Gasteiger partial charge in [-0.05, 0) is 25.2 Å². The van der Waals surface area contributed by atoms with E-state index in [0.29, 0.717) is 6.04 Å². The van der Waals surface area contributed by atoms with Crippen molar-refractivity contribution < 1.29 is 0 Å². The summed E-state index contributed by atoms with van der Waals surface area (Å²) >= 11 is 0. The summed E-state index contributed by atoms with van der Waals surface area (Å²) in [6.07, 6.45) is 4.20. The van der Waals surface area contributed by atoms with E-state index in [-0.39, 0.29) is 0 Å². The monoisotopic (exact) mass is 141 g/mol. The lowest BCUT2D eigenvalue weighted by molar-refractivity contribution is 0.458. The topological polar surface area (TPSA) is 12.0 Å². The van der Waals surface area contributed by atoms with Crippen molar-refractivity contribution in [1.29, 1.82) is 0 Å². The second kappa shape index (κ2) is 3.38. The first-order valence-corrected chi connectivity index (χ1v) is 4.44. The van der Waals surface area contributed by atoms with Crippen molar-refractivity contribution in [3.8, 4) is 0 Å². The fourth-order valence-electron chi connectivity index (χ4n) is 1.83. The lowest BCUT2D eigenvalue weighted by Crippen LogP contribution is -2.32. The molecule has 0 aliphatic heterocycles. The summed E-state index contributed by atoms with van der Waals surface area (Å²) in [5, 5.41) is 3.57. The van der Waals surface area contributed by atoms with Crippen molar-refractivity contribution in [3.63, 3.8) is 0 Å². The Morgan fingerprint density at radius 3 is 2.40 bits per heavy atom. The van der Waals surface area contributed by atoms with Crippen LogP contribution in [0, 0.1) is 5.92 Å². The second-order valence-corrected chi connectivity index (χ2v) is 3.94. The van der Waals surface area contributed by atoms with Gasteiger partial charge in [0.15, 0.2) is 0 Å². The zero-order chi connectivity index (χ0) is 7.56. The molecule has 0 radical (unpaired) electrons. The SMILES string of the molecule is CC(C)N[C@@H]1CC[C@H](C)C1. The largest absolute Gasteiger partial charge is 0.312 e. The third-order valence-corrected chi connectivity index (χ3v) is 2.26. The zero-order valence-electron chi connectivity index (χ0n) is 7.35. The molecule has 0 aromatic carbocycles. The molecule has 1 N–H and O–H groups in total. The van der Waals surface area contributed by atoms with Crippen molar-refractivity contribution in [1.82, 2.24) is 5.32 Å². The van der Waals surface area contributed by atoms with Crippen LogP contribution in [0.15, 0.2) is 0 Å². The molecule has 1 aliphatic rings. The van der Waals surface area contributed by atoms with Gasteiger partial charge in [-0.1, -0.05) is 20.8 Å². The summed E-state index contributed by atoms with van der Waals surface area (Å²) in [7, 11) is 0. The van der Waals surface area contributed by atoms with Crippen molar-refractivity contribution >= 4 is 0 Å². The Morgan fingerprint density at radius 2 is 2.00 bits per heavy atom. The number of rotatable bonds is 2. The van der Waals surface area contributed by atoms with Gasteiger partial charge in [0.05, 0.1) is 0 Å². The lowest BCUT2D eigenvalue weighted by Gasteiger charge is -2.14. The number of hydrogen-bond donors (Lipinski definition) is 1. The van der Waals surface area contributed by atoms with Gasteiger partial charge in [0.1, 0.15) is 0 Å². The van der Waals surface area contributed by atoms with E-state index < -0.39 is 0 Å². The van der Waals surface area contributed by atoms with Crippen molar-refractivity contribution in [3.05, 3.63) is 0 Å². The Balaban J connectivity index is 2.18. The van der Waals surface area contributed by atoms with E-state index in [2.05, 4.69) is 26.1 Å². The van der Waals surface area contributed by atoms with Crippen LogP contribution in [0.2, 0.25) is 0 Å². The summed E-state index contributed by atoms with van der Waals surface area (Å²) in [6, 6.07) is 1.48. The van der Waals surface area contributed by atoms with Gasteiger partial charge in [-0.3, -0.25) is 0 Å². The molecule has 1 aliphatic carbocycles. The van der Waals surface area contributed by atoms with Crippen LogP contribution < -0.4 is 5.32 Å². The molecule has 1 rings (SSSR count). The van der Waals surface area contributed by atoms with E-state index in [4.69, 9.17) is 0 Å². The second-order valence-electron chi connectivity index (χ2n) is 3.94. The van der Waals surface area contributed by atoms with Gasteiger partial charge in [0, 0.05) is 12.1 Å². The Kier molecular flexibility index (Phi) is 2.72. The summed E-state index contributed by atoms with van der Waals surface area (Å²) < 4.78 is 0.